The summed E-state index contributed by atoms with van der Waals surface area (Å²) < 4.78 is 5.03. The molecule has 0 unspecified atom stereocenters. The predicted octanol–water partition coefficient (Wildman–Crippen LogP) is 1.88. The Balaban J connectivity index is 2.54. The van der Waals surface area contributed by atoms with Gasteiger partial charge in [0.15, 0.2) is 6.10 Å². The molecule has 1 aromatic rings. The van der Waals surface area contributed by atoms with E-state index in [2.05, 4.69) is 0 Å². The molecule has 6 nitrogen and oxygen atoms in total. The number of hydrogen-bond donors (Lipinski definition) is 0. The van der Waals surface area contributed by atoms with Crippen LogP contribution < -0.4 is 0 Å². The van der Waals surface area contributed by atoms with E-state index < -0.39 is 12.1 Å². The van der Waals surface area contributed by atoms with E-state index in [9.17, 15) is 9.59 Å². The zero-order valence-corrected chi connectivity index (χ0v) is 13.0. The van der Waals surface area contributed by atoms with E-state index in [0.717, 1.165) is 5.56 Å². The van der Waals surface area contributed by atoms with Gasteiger partial charge in [-0.15, -0.1) is 0 Å². The first-order chi connectivity index (χ1) is 11.0. The molecule has 0 aliphatic rings. The largest absolute Gasteiger partial charge is 0.449 e. The Kier molecular flexibility index (Phi) is 7.03. The second kappa shape index (κ2) is 9.01. The van der Waals surface area contributed by atoms with Crippen molar-refractivity contribution in [3.8, 4) is 12.1 Å². The number of esters is 1. The lowest BCUT2D eigenvalue weighted by Gasteiger charge is -2.19. The molecular weight excluding hydrogens is 294 g/mol. The van der Waals surface area contributed by atoms with Gasteiger partial charge in [0.1, 0.15) is 0 Å². The number of carbonyl (C=O) groups is 2. The fourth-order valence-corrected chi connectivity index (χ4v) is 1.74. The lowest BCUT2D eigenvalue weighted by Crippen LogP contribution is -2.37. The molecule has 1 amide bonds. The third-order valence-electron chi connectivity index (χ3n) is 3.03. The second-order valence-electron chi connectivity index (χ2n) is 4.81. The van der Waals surface area contributed by atoms with Gasteiger partial charge < -0.3 is 9.64 Å². The number of amides is 1. The Morgan fingerprint density at radius 2 is 1.96 bits per heavy atom. The zero-order valence-electron chi connectivity index (χ0n) is 13.0. The predicted molar refractivity (Wildman–Crippen MR) is 83.6 cm³/mol. The van der Waals surface area contributed by atoms with Crippen molar-refractivity contribution >= 4 is 18.0 Å². The number of nitriles is 2. The number of ether oxygens (including phenoxy) is 1. The van der Waals surface area contributed by atoms with Gasteiger partial charge in [-0.05, 0) is 30.7 Å². The van der Waals surface area contributed by atoms with Crippen LogP contribution in [-0.4, -0.2) is 36.5 Å². The van der Waals surface area contributed by atoms with E-state index in [4.69, 9.17) is 15.3 Å². The van der Waals surface area contributed by atoms with Crippen LogP contribution in [0.4, 0.5) is 0 Å². The second-order valence-corrected chi connectivity index (χ2v) is 4.81. The van der Waals surface area contributed by atoms with Crippen molar-refractivity contribution in [2.45, 2.75) is 19.4 Å². The van der Waals surface area contributed by atoms with Gasteiger partial charge in [-0.25, -0.2) is 4.79 Å². The molecule has 0 aliphatic heterocycles. The number of hydrogen-bond acceptors (Lipinski definition) is 5. The topological polar surface area (TPSA) is 94.2 Å². The maximum Gasteiger partial charge on any atom is 0.331 e. The lowest BCUT2D eigenvalue weighted by molar-refractivity contribution is -0.154. The summed E-state index contributed by atoms with van der Waals surface area (Å²) in [4.78, 5) is 25.0. The summed E-state index contributed by atoms with van der Waals surface area (Å²) in [5, 5.41) is 17.2. The molecule has 0 saturated heterocycles. The van der Waals surface area contributed by atoms with Crippen molar-refractivity contribution in [3.63, 3.8) is 0 Å². The molecule has 0 radical (unpaired) electrons. The molecule has 0 spiro atoms. The highest BCUT2D eigenvalue weighted by Crippen LogP contribution is 2.06. The minimum absolute atomic E-state index is 0.224. The van der Waals surface area contributed by atoms with Crippen molar-refractivity contribution in [3.05, 3.63) is 41.5 Å². The standard InChI is InChI=1S/C17H17N3O3/c1-13(17(22)20(2)11-3-10-18)23-16(21)9-8-14-4-6-15(12-19)7-5-14/h4-9,13H,3,11H2,1-2H3/b9-8+/t13-/m0/s1. The van der Waals surface area contributed by atoms with Crippen molar-refractivity contribution in [1.82, 2.24) is 4.90 Å². The molecule has 1 atom stereocenters. The SMILES string of the molecule is C[C@H](OC(=O)/C=C/c1ccc(C#N)cc1)C(=O)N(C)CCC#N. The van der Waals surface area contributed by atoms with Crippen LogP contribution >= 0.6 is 0 Å². The highest BCUT2D eigenvalue weighted by molar-refractivity contribution is 5.90. The molecule has 0 fully saturated rings. The maximum absolute atomic E-state index is 11.9. The Bertz CT molecular complexity index is 666. The lowest BCUT2D eigenvalue weighted by atomic mass is 10.1. The van der Waals surface area contributed by atoms with Gasteiger partial charge in [0.05, 0.1) is 24.1 Å². The molecule has 118 valence electrons. The van der Waals surface area contributed by atoms with Gasteiger partial charge in [0, 0.05) is 19.7 Å². The van der Waals surface area contributed by atoms with Crippen LogP contribution in [0.2, 0.25) is 0 Å². The smallest absolute Gasteiger partial charge is 0.331 e. The molecule has 0 aromatic heterocycles. The minimum Gasteiger partial charge on any atom is -0.449 e. The molecule has 0 bridgehead atoms. The normalized spacial score (nSPS) is 11.3. The molecule has 0 saturated carbocycles. The van der Waals surface area contributed by atoms with Crippen LogP contribution in [0.1, 0.15) is 24.5 Å². The Labute approximate surface area is 135 Å². The monoisotopic (exact) mass is 311 g/mol. The number of likely N-dealkylation sites (N-methyl/N-ethyl adjacent to an activating group) is 1. The van der Waals surface area contributed by atoms with Crippen molar-refractivity contribution in [1.29, 1.82) is 10.5 Å². The average Bonchev–Trinajstić information content (AvgIpc) is 2.57. The molecule has 0 N–H and O–H groups in total. The maximum atomic E-state index is 11.9. The van der Waals surface area contributed by atoms with E-state index in [1.54, 1.807) is 37.4 Å². The number of carbonyl (C=O) groups excluding carboxylic acids is 2. The summed E-state index contributed by atoms with van der Waals surface area (Å²) in [6.07, 6.45) is 2.07. The Morgan fingerprint density at radius 1 is 1.30 bits per heavy atom. The summed E-state index contributed by atoms with van der Waals surface area (Å²) >= 11 is 0. The van der Waals surface area contributed by atoms with Crippen LogP contribution in [0, 0.1) is 22.7 Å². The molecule has 6 heteroatoms. The number of rotatable bonds is 6. The van der Waals surface area contributed by atoms with Gasteiger partial charge in [-0.2, -0.15) is 10.5 Å². The fraction of sp³-hybridized carbons (Fsp3) is 0.294. The van der Waals surface area contributed by atoms with Crippen LogP contribution in [-0.2, 0) is 14.3 Å². The number of nitrogens with zero attached hydrogens (tertiary/aromatic N) is 3. The summed E-state index contributed by atoms with van der Waals surface area (Å²) in [5.74, 6) is -0.996. The van der Waals surface area contributed by atoms with E-state index in [0.29, 0.717) is 5.56 Å². The third-order valence-corrected chi connectivity index (χ3v) is 3.03. The van der Waals surface area contributed by atoms with E-state index in [1.807, 2.05) is 12.1 Å². The van der Waals surface area contributed by atoms with Gasteiger partial charge in [-0.3, -0.25) is 4.79 Å². The van der Waals surface area contributed by atoms with Gasteiger partial charge in [0.2, 0.25) is 0 Å². The summed E-state index contributed by atoms with van der Waals surface area (Å²) in [7, 11) is 1.55. The van der Waals surface area contributed by atoms with Crippen molar-refractivity contribution in [2.24, 2.45) is 0 Å². The zero-order chi connectivity index (χ0) is 17.2. The van der Waals surface area contributed by atoms with Crippen molar-refractivity contribution in [2.75, 3.05) is 13.6 Å². The molecule has 0 heterocycles. The minimum atomic E-state index is -0.920. The van der Waals surface area contributed by atoms with E-state index in [-0.39, 0.29) is 18.9 Å². The third kappa shape index (κ3) is 6.03. The van der Waals surface area contributed by atoms with E-state index in [1.165, 1.54) is 17.9 Å². The van der Waals surface area contributed by atoms with Crippen molar-refractivity contribution < 1.29 is 14.3 Å². The van der Waals surface area contributed by atoms with Crippen LogP contribution in [0.15, 0.2) is 30.3 Å². The fourth-order valence-electron chi connectivity index (χ4n) is 1.74. The average molecular weight is 311 g/mol. The highest BCUT2D eigenvalue weighted by Gasteiger charge is 2.20. The molecule has 1 aromatic carbocycles. The van der Waals surface area contributed by atoms with Gasteiger partial charge in [0.25, 0.3) is 5.91 Å². The quantitative estimate of drug-likeness (QED) is 0.590. The molecule has 1 rings (SSSR count). The summed E-state index contributed by atoms with van der Waals surface area (Å²) in [5.41, 5.74) is 1.27. The molecule has 0 aliphatic carbocycles. The van der Waals surface area contributed by atoms with Crippen LogP contribution in [0.25, 0.3) is 6.08 Å². The first kappa shape index (κ1) is 17.9. The number of benzene rings is 1. The van der Waals surface area contributed by atoms with Crippen LogP contribution in [0.3, 0.4) is 0 Å². The van der Waals surface area contributed by atoms with E-state index >= 15 is 0 Å². The molecular formula is C17H17N3O3. The summed E-state index contributed by atoms with van der Waals surface area (Å²) in [6.45, 7) is 1.77. The summed E-state index contributed by atoms with van der Waals surface area (Å²) in [6, 6.07) is 10.6. The Hall–Kier alpha value is -3.12. The highest BCUT2D eigenvalue weighted by atomic mass is 16.5. The van der Waals surface area contributed by atoms with Crippen LogP contribution in [0.5, 0.6) is 0 Å². The first-order valence-corrected chi connectivity index (χ1v) is 6.98. The molecule has 23 heavy (non-hydrogen) atoms. The van der Waals surface area contributed by atoms with Gasteiger partial charge >= 0.3 is 5.97 Å². The van der Waals surface area contributed by atoms with Gasteiger partial charge in [-0.1, -0.05) is 12.1 Å². The Morgan fingerprint density at radius 3 is 2.52 bits per heavy atom. The first-order valence-electron chi connectivity index (χ1n) is 6.98.